The van der Waals surface area contributed by atoms with Gasteiger partial charge < -0.3 is 24.6 Å². The van der Waals surface area contributed by atoms with E-state index in [1.807, 2.05) is 13.8 Å². The van der Waals surface area contributed by atoms with Crippen LogP contribution in [-0.2, 0) is 14.8 Å². The van der Waals surface area contributed by atoms with Crippen LogP contribution < -0.4 is 14.8 Å². The van der Waals surface area contributed by atoms with Gasteiger partial charge in [0, 0.05) is 58.3 Å². The number of methoxy groups -OCH3 is 2. The van der Waals surface area contributed by atoms with E-state index in [4.69, 9.17) is 9.47 Å². The molecule has 31 heavy (non-hydrogen) atoms. The quantitative estimate of drug-likeness (QED) is 0.499. The fourth-order valence-corrected chi connectivity index (χ4v) is 5.16. The minimum Gasteiger partial charge on any atom is -0.497 e. The number of carbonyl (C=O) groups excluding carboxylic acids is 1. The van der Waals surface area contributed by atoms with Gasteiger partial charge >= 0.3 is 0 Å². The SMILES string of the molecule is CCN(CC)CCN(CCC(=O)N1CCNCC1)S(=O)(=O)c1cc(OC)ccc1OC. The summed E-state index contributed by atoms with van der Waals surface area (Å²) in [7, 11) is -0.968. The van der Waals surface area contributed by atoms with Crippen molar-refractivity contribution in [3.8, 4) is 11.5 Å². The van der Waals surface area contributed by atoms with Crippen molar-refractivity contribution in [2.45, 2.75) is 25.2 Å². The number of sulfonamides is 1. The van der Waals surface area contributed by atoms with Crippen molar-refractivity contribution in [2.75, 3.05) is 73.1 Å². The fraction of sp³-hybridized carbons (Fsp3) is 0.667. The highest BCUT2D eigenvalue weighted by Gasteiger charge is 2.29. The molecule has 1 fully saturated rings. The molecule has 0 radical (unpaired) electrons. The van der Waals surface area contributed by atoms with Crippen molar-refractivity contribution < 1.29 is 22.7 Å². The third kappa shape index (κ3) is 6.80. The number of amides is 1. The Bertz CT molecular complexity index is 808. The smallest absolute Gasteiger partial charge is 0.246 e. The van der Waals surface area contributed by atoms with Crippen molar-refractivity contribution in [1.82, 2.24) is 19.4 Å². The minimum atomic E-state index is -3.90. The van der Waals surface area contributed by atoms with E-state index >= 15 is 0 Å². The van der Waals surface area contributed by atoms with Gasteiger partial charge in [0.2, 0.25) is 15.9 Å². The first-order valence-corrected chi connectivity index (χ1v) is 12.2. The lowest BCUT2D eigenvalue weighted by atomic mass is 10.3. The molecule has 2 rings (SSSR count). The number of hydrogen-bond donors (Lipinski definition) is 1. The molecule has 1 aliphatic heterocycles. The van der Waals surface area contributed by atoms with Crippen molar-refractivity contribution in [1.29, 1.82) is 0 Å². The van der Waals surface area contributed by atoms with Gasteiger partial charge in [-0.15, -0.1) is 0 Å². The highest BCUT2D eigenvalue weighted by molar-refractivity contribution is 7.89. The van der Waals surface area contributed by atoms with E-state index in [-0.39, 0.29) is 29.5 Å². The van der Waals surface area contributed by atoms with Crippen LogP contribution in [-0.4, -0.2) is 102 Å². The van der Waals surface area contributed by atoms with Crippen molar-refractivity contribution >= 4 is 15.9 Å². The second-order valence-corrected chi connectivity index (χ2v) is 9.23. The molecule has 1 aromatic rings. The predicted octanol–water partition coefficient (Wildman–Crippen LogP) is 0.858. The van der Waals surface area contributed by atoms with Gasteiger partial charge in [0.25, 0.3) is 0 Å². The van der Waals surface area contributed by atoms with E-state index in [1.165, 1.54) is 24.6 Å². The fourth-order valence-electron chi connectivity index (χ4n) is 3.56. The summed E-state index contributed by atoms with van der Waals surface area (Å²) in [6.45, 7) is 9.55. The van der Waals surface area contributed by atoms with Gasteiger partial charge in [0.05, 0.1) is 14.2 Å². The van der Waals surface area contributed by atoms with Gasteiger partial charge in [-0.25, -0.2) is 8.42 Å². The van der Waals surface area contributed by atoms with Crippen LogP contribution in [0.1, 0.15) is 20.3 Å². The lowest BCUT2D eigenvalue weighted by molar-refractivity contribution is -0.131. The third-order valence-corrected chi connectivity index (χ3v) is 7.51. The van der Waals surface area contributed by atoms with Crippen molar-refractivity contribution in [2.24, 2.45) is 0 Å². The molecule has 10 heteroatoms. The summed E-state index contributed by atoms with van der Waals surface area (Å²) in [5.41, 5.74) is 0. The topological polar surface area (TPSA) is 91.4 Å². The van der Waals surface area contributed by atoms with E-state index in [2.05, 4.69) is 10.2 Å². The average molecular weight is 457 g/mol. The number of likely N-dealkylation sites (N-methyl/N-ethyl adjacent to an activating group) is 1. The van der Waals surface area contributed by atoms with Gasteiger partial charge in [0.1, 0.15) is 16.4 Å². The summed E-state index contributed by atoms with van der Waals surface area (Å²) in [6, 6.07) is 4.71. The number of carbonyl (C=O) groups is 1. The van der Waals surface area contributed by atoms with E-state index in [9.17, 15) is 13.2 Å². The van der Waals surface area contributed by atoms with Crippen LogP contribution in [0.15, 0.2) is 23.1 Å². The lowest BCUT2D eigenvalue weighted by Gasteiger charge is -2.29. The number of benzene rings is 1. The van der Waals surface area contributed by atoms with Crippen LogP contribution in [0.3, 0.4) is 0 Å². The highest BCUT2D eigenvalue weighted by atomic mass is 32.2. The summed E-state index contributed by atoms with van der Waals surface area (Å²) in [6.07, 6.45) is 0.143. The summed E-state index contributed by atoms with van der Waals surface area (Å²) in [5.74, 6) is 0.657. The Labute approximate surface area is 186 Å². The Morgan fingerprint density at radius 3 is 2.32 bits per heavy atom. The maximum Gasteiger partial charge on any atom is 0.246 e. The zero-order valence-corrected chi connectivity index (χ0v) is 19.9. The second-order valence-electron chi connectivity index (χ2n) is 7.33. The van der Waals surface area contributed by atoms with E-state index in [0.29, 0.717) is 31.9 Å². The van der Waals surface area contributed by atoms with E-state index < -0.39 is 10.0 Å². The van der Waals surface area contributed by atoms with Gasteiger partial charge in [-0.1, -0.05) is 13.8 Å². The lowest BCUT2D eigenvalue weighted by Crippen LogP contribution is -2.47. The van der Waals surface area contributed by atoms with Crippen LogP contribution in [0.4, 0.5) is 0 Å². The van der Waals surface area contributed by atoms with Gasteiger partial charge in [-0.3, -0.25) is 4.79 Å². The highest BCUT2D eigenvalue weighted by Crippen LogP contribution is 2.30. The van der Waals surface area contributed by atoms with Crippen LogP contribution in [0, 0.1) is 0 Å². The molecule has 1 heterocycles. The summed E-state index contributed by atoms with van der Waals surface area (Å²) in [5, 5.41) is 3.22. The molecule has 0 aliphatic carbocycles. The molecule has 0 atom stereocenters. The molecule has 1 N–H and O–H groups in total. The molecular formula is C21H36N4O5S. The number of ether oxygens (including phenoxy) is 2. The Morgan fingerprint density at radius 2 is 1.74 bits per heavy atom. The average Bonchev–Trinajstić information content (AvgIpc) is 2.81. The zero-order valence-electron chi connectivity index (χ0n) is 19.1. The zero-order chi connectivity index (χ0) is 22.9. The maximum absolute atomic E-state index is 13.6. The molecule has 1 aromatic carbocycles. The van der Waals surface area contributed by atoms with Crippen LogP contribution in [0.5, 0.6) is 11.5 Å². The first-order chi connectivity index (χ1) is 14.9. The third-order valence-electron chi connectivity index (χ3n) is 5.59. The minimum absolute atomic E-state index is 0.0258. The molecule has 1 saturated heterocycles. The van der Waals surface area contributed by atoms with Gasteiger partial charge in [0.15, 0.2) is 0 Å². The number of piperazine rings is 1. The molecule has 9 nitrogen and oxygen atoms in total. The second kappa shape index (κ2) is 12.2. The first kappa shape index (κ1) is 25.4. The largest absolute Gasteiger partial charge is 0.497 e. The Balaban J connectivity index is 2.26. The summed E-state index contributed by atoms with van der Waals surface area (Å²) < 4.78 is 39.1. The van der Waals surface area contributed by atoms with Crippen molar-refractivity contribution in [3.05, 3.63) is 18.2 Å². The molecule has 0 aromatic heterocycles. The Kier molecular flexibility index (Phi) is 10.0. The van der Waals surface area contributed by atoms with Crippen LogP contribution in [0.25, 0.3) is 0 Å². The summed E-state index contributed by atoms with van der Waals surface area (Å²) >= 11 is 0. The van der Waals surface area contributed by atoms with Crippen molar-refractivity contribution in [3.63, 3.8) is 0 Å². The molecule has 0 bridgehead atoms. The number of nitrogens with zero attached hydrogens (tertiary/aromatic N) is 3. The molecule has 176 valence electrons. The summed E-state index contributed by atoms with van der Waals surface area (Å²) in [4.78, 5) is 16.7. The van der Waals surface area contributed by atoms with Crippen LogP contribution >= 0.6 is 0 Å². The molecule has 1 amide bonds. The molecule has 0 unspecified atom stereocenters. The monoisotopic (exact) mass is 456 g/mol. The molecule has 1 aliphatic rings. The predicted molar refractivity (Wildman–Crippen MR) is 120 cm³/mol. The standard InChI is InChI=1S/C21H36N4O5S/c1-5-23(6-2)15-16-25(12-9-21(26)24-13-10-22-11-14-24)31(27,28)20-17-18(29-3)7-8-19(20)30-4/h7-8,17,22H,5-6,9-16H2,1-4H3. The number of rotatable bonds is 12. The normalized spacial score (nSPS) is 14.8. The number of nitrogens with one attached hydrogen (secondary N) is 1. The number of hydrogen-bond acceptors (Lipinski definition) is 7. The maximum atomic E-state index is 13.6. The molecule has 0 saturated carbocycles. The van der Waals surface area contributed by atoms with E-state index in [0.717, 1.165) is 26.2 Å². The molecule has 0 spiro atoms. The van der Waals surface area contributed by atoms with Gasteiger partial charge in [-0.05, 0) is 25.2 Å². The molecular weight excluding hydrogens is 420 g/mol. The Morgan fingerprint density at radius 1 is 1.06 bits per heavy atom. The van der Waals surface area contributed by atoms with Gasteiger partial charge in [-0.2, -0.15) is 4.31 Å². The van der Waals surface area contributed by atoms with E-state index in [1.54, 1.807) is 17.0 Å². The first-order valence-electron chi connectivity index (χ1n) is 10.8. The van der Waals surface area contributed by atoms with Crippen LogP contribution in [0.2, 0.25) is 0 Å². The Hall–Kier alpha value is -1.88.